The third kappa shape index (κ3) is 3.85. The van der Waals surface area contributed by atoms with Crippen molar-refractivity contribution in [1.82, 2.24) is 4.57 Å². The molecule has 1 aromatic carbocycles. The number of hydrogen-bond acceptors (Lipinski definition) is 2. The van der Waals surface area contributed by atoms with E-state index in [0.717, 1.165) is 30.3 Å². The number of halogens is 1. The molecule has 4 heteroatoms. The summed E-state index contributed by atoms with van der Waals surface area (Å²) in [6.07, 6.45) is 8.67. The first-order chi connectivity index (χ1) is 11.7. The SMILES string of the molecule is CCOC(=O)CCCCCn1c2c(c3cc(Br)ccc31)CCCC2. The van der Waals surface area contributed by atoms with Crippen LogP contribution in [0.4, 0.5) is 0 Å². The highest BCUT2D eigenvalue weighted by Crippen LogP contribution is 2.34. The molecule has 3 nitrogen and oxygen atoms in total. The number of carbonyl (C=O) groups excluding carboxylic acids is 1. The summed E-state index contributed by atoms with van der Waals surface area (Å²) in [7, 11) is 0. The minimum atomic E-state index is -0.0638. The summed E-state index contributed by atoms with van der Waals surface area (Å²) >= 11 is 3.62. The number of aryl methyl sites for hydroxylation is 2. The molecular weight excluding hydrogens is 366 g/mol. The van der Waals surface area contributed by atoms with E-state index in [1.807, 2.05) is 6.92 Å². The fourth-order valence-electron chi connectivity index (χ4n) is 3.81. The zero-order valence-electron chi connectivity index (χ0n) is 14.4. The van der Waals surface area contributed by atoms with Crippen molar-refractivity contribution in [3.63, 3.8) is 0 Å². The number of carbonyl (C=O) groups is 1. The fourth-order valence-corrected chi connectivity index (χ4v) is 4.17. The van der Waals surface area contributed by atoms with E-state index >= 15 is 0 Å². The van der Waals surface area contributed by atoms with Crippen LogP contribution in [0.25, 0.3) is 10.9 Å². The summed E-state index contributed by atoms with van der Waals surface area (Å²) in [5.74, 6) is -0.0638. The van der Waals surface area contributed by atoms with Crippen LogP contribution < -0.4 is 0 Å². The van der Waals surface area contributed by atoms with Crippen molar-refractivity contribution >= 4 is 32.8 Å². The predicted molar refractivity (Wildman–Crippen MR) is 101 cm³/mol. The van der Waals surface area contributed by atoms with E-state index in [-0.39, 0.29) is 5.97 Å². The summed E-state index contributed by atoms with van der Waals surface area (Å²) < 4.78 is 8.68. The molecule has 0 amide bonds. The van der Waals surface area contributed by atoms with Gasteiger partial charge in [-0.1, -0.05) is 22.4 Å². The molecule has 1 heterocycles. The first-order valence-corrected chi connectivity index (χ1v) is 9.95. The van der Waals surface area contributed by atoms with Crippen molar-refractivity contribution in [2.45, 2.75) is 64.8 Å². The van der Waals surface area contributed by atoms with Crippen LogP contribution in [-0.4, -0.2) is 17.1 Å². The lowest BCUT2D eigenvalue weighted by Crippen LogP contribution is -2.09. The molecule has 0 aliphatic heterocycles. The van der Waals surface area contributed by atoms with Gasteiger partial charge in [-0.3, -0.25) is 4.79 Å². The van der Waals surface area contributed by atoms with E-state index in [1.165, 1.54) is 36.6 Å². The van der Waals surface area contributed by atoms with Crippen molar-refractivity contribution in [3.05, 3.63) is 33.9 Å². The maximum atomic E-state index is 11.4. The Kier molecular flexibility index (Phi) is 5.99. The lowest BCUT2D eigenvalue weighted by Gasteiger charge is -2.16. The van der Waals surface area contributed by atoms with Gasteiger partial charge < -0.3 is 9.30 Å². The number of aromatic nitrogens is 1. The van der Waals surface area contributed by atoms with E-state index in [0.29, 0.717) is 13.0 Å². The maximum absolute atomic E-state index is 11.4. The van der Waals surface area contributed by atoms with Crippen molar-refractivity contribution in [1.29, 1.82) is 0 Å². The molecule has 0 saturated carbocycles. The molecule has 0 radical (unpaired) electrons. The van der Waals surface area contributed by atoms with Gasteiger partial charge in [0.2, 0.25) is 0 Å². The number of nitrogens with zero attached hydrogens (tertiary/aromatic N) is 1. The number of benzene rings is 1. The van der Waals surface area contributed by atoms with Crippen molar-refractivity contribution in [3.8, 4) is 0 Å². The molecule has 1 aromatic heterocycles. The largest absolute Gasteiger partial charge is 0.466 e. The average molecular weight is 392 g/mol. The lowest BCUT2D eigenvalue weighted by atomic mass is 9.95. The molecule has 1 aliphatic carbocycles. The number of unbranched alkanes of at least 4 members (excludes halogenated alkanes) is 2. The molecule has 0 atom stereocenters. The van der Waals surface area contributed by atoms with Gasteiger partial charge in [0.1, 0.15) is 0 Å². The lowest BCUT2D eigenvalue weighted by molar-refractivity contribution is -0.143. The van der Waals surface area contributed by atoms with E-state index in [4.69, 9.17) is 4.74 Å². The molecule has 0 N–H and O–H groups in total. The van der Waals surface area contributed by atoms with E-state index in [9.17, 15) is 4.79 Å². The Bertz CT molecular complexity index is 720. The number of esters is 1. The number of fused-ring (bicyclic) bond motifs is 3. The second-order valence-electron chi connectivity index (χ2n) is 6.56. The molecule has 0 unspecified atom stereocenters. The zero-order valence-corrected chi connectivity index (χ0v) is 16.0. The molecule has 0 spiro atoms. The van der Waals surface area contributed by atoms with Crippen LogP contribution in [0, 0.1) is 0 Å². The zero-order chi connectivity index (χ0) is 16.9. The molecular formula is C20H26BrNO2. The van der Waals surface area contributed by atoms with Gasteiger partial charge in [0.05, 0.1) is 6.61 Å². The minimum Gasteiger partial charge on any atom is -0.466 e. The van der Waals surface area contributed by atoms with Gasteiger partial charge in [-0.2, -0.15) is 0 Å². The highest BCUT2D eigenvalue weighted by Gasteiger charge is 2.19. The molecule has 1 aliphatic rings. The standard InChI is InChI=1S/C20H26BrNO2/c1-2-24-20(23)10-4-3-7-13-22-18-9-6-5-8-16(18)17-14-15(21)11-12-19(17)22/h11-12,14H,2-10,13H2,1H3. The highest BCUT2D eigenvalue weighted by atomic mass is 79.9. The quantitative estimate of drug-likeness (QED) is 0.466. The first-order valence-electron chi connectivity index (χ1n) is 9.16. The fraction of sp³-hybridized carbons (Fsp3) is 0.550. The van der Waals surface area contributed by atoms with Crippen LogP contribution in [0.3, 0.4) is 0 Å². The Morgan fingerprint density at radius 1 is 1.21 bits per heavy atom. The van der Waals surface area contributed by atoms with Gasteiger partial charge >= 0.3 is 5.97 Å². The predicted octanol–water partition coefficient (Wildman–Crippen LogP) is 5.41. The Labute approximate surface area is 152 Å². The summed E-state index contributed by atoms with van der Waals surface area (Å²) in [6.45, 7) is 3.39. The van der Waals surface area contributed by atoms with Crippen LogP contribution in [0.5, 0.6) is 0 Å². The Hall–Kier alpha value is -1.29. The molecule has 0 fully saturated rings. The van der Waals surface area contributed by atoms with Crippen molar-refractivity contribution < 1.29 is 9.53 Å². The second kappa shape index (κ2) is 8.19. The Morgan fingerprint density at radius 2 is 2.04 bits per heavy atom. The third-order valence-corrected chi connectivity index (χ3v) is 5.40. The summed E-state index contributed by atoms with van der Waals surface area (Å²) in [5, 5.41) is 1.42. The van der Waals surface area contributed by atoms with Crippen molar-refractivity contribution in [2.75, 3.05) is 6.61 Å². The first kappa shape index (κ1) is 17.5. The highest BCUT2D eigenvalue weighted by molar-refractivity contribution is 9.10. The summed E-state index contributed by atoms with van der Waals surface area (Å²) in [6, 6.07) is 6.66. The van der Waals surface area contributed by atoms with E-state index in [1.54, 1.807) is 11.3 Å². The average Bonchev–Trinajstić information content (AvgIpc) is 2.88. The maximum Gasteiger partial charge on any atom is 0.305 e. The number of rotatable bonds is 7. The van der Waals surface area contributed by atoms with Gasteiger partial charge in [0.15, 0.2) is 0 Å². The van der Waals surface area contributed by atoms with Crippen LogP contribution in [0.2, 0.25) is 0 Å². The van der Waals surface area contributed by atoms with Crippen LogP contribution in [-0.2, 0) is 28.9 Å². The van der Waals surface area contributed by atoms with Crippen molar-refractivity contribution in [2.24, 2.45) is 0 Å². The summed E-state index contributed by atoms with van der Waals surface area (Å²) in [4.78, 5) is 11.4. The molecule has 3 rings (SSSR count). The Balaban J connectivity index is 1.67. The normalized spacial score (nSPS) is 13.9. The number of ether oxygens (including phenoxy) is 1. The molecule has 0 saturated heterocycles. The third-order valence-electron chi connectivity index (χ3n) is 4.91. The van der Waals surface area contributed by atoms with Gasteiger partial charge in [0.25, 0.3) is 0 Å². The van der Waals surface area contributed by atoms with Gasteiger partial charge in [-0.25, -0.2) is 0 Å². The van der Waals surface area contributed by atoms with Gasteiger partial charge in [0, 0.05) is 34.0 Å². The van der Waals surface area contributed by atoms with Crippen LogP contribution >= 0.6 is 15.9 Å². The van der Waals surface area contributed by atoms with E-state index in [2.05, 4.69) is 38.7 Å². The number of hydrogen-bond donors (Lipinski definition) is 0. The van der Waals surface area contributed by atoms with E-state index < -0.39 is 0 Å². The van der Waals surface area contributed by atoms with Crippen LogP contribution in [0.15, 0.2) is 22.7 Å². The van der Waals surface area contributed by atoms with Gasteiger partial charge in [-0.05, 0) is 69.2 Å². The molecule has 0 bridgehead atoms. The monoisotopic (exact) mass is 391 g/mol. The second-order valence-corrected chi connectivity index (χ2v) is 7.48. The minimum absolute atomic E-state index is 0.0638. The topological polar surface area (TPSA) is 31.2 Å². The molecule has 130 valence electrons. The molecule has 24 heavy (non-hydrogen) atoms. The van der Waals surface area contributed by atoms with Crippen LogP contribution in [0.1, 0.15) is 56.7 Å². The Morgan fingerprint density at radius 3 is 2.88 bits per heavy atom. The van der Waals surface area contributed by atoms with Gasteiger partial charge in [-0.15, -0.1) is 0 Å². The molecule has 2 aromatic rings. The summed E-state index contributed by atoms with van der Waals surface area (Å²) in [5.41, 5.74) is 4.47. The smallest absolute Gasteiger partial charge is 0.305 e.